The van der Waals surface area contributed by atoms with Crippen molar-refractivity contribution in [2.45, 2.75) is 40.3 Å². The second-order valence-electron chi connectivity index (χ2n) is 9.82. The molecule has 176 valence electrons. The van der Waals surface area contributed by atoms with Crippen LogP contribution < -0.4 is 4.74 Å². The topological polar surface area (TPSA) is 45.1 Å². The minimum atomic E-state index is -4.47. The van der Waals surface area contributed by atoms with Gasteiger partial charge in [0.1, 0.15) is 17.3 Å². The highest BCUT2D eigenvalue weighted by Gasteiger charge is 2.33. The number of alkyl halides is 3. The number of amides is 1. The highest BCUT2D eigenvalue weighted by atomic mass is 19.4. The molecule has 0 aromatic heterocycles. The van der Waals surface area contributed by atoms with E-state index in [1.807, 2.05) is 55.7 Å². The molecule has 0 N–H and O–H groups in total. The summed E-state index contributed by atoms with van der Waals surface area (Å²) in [6.07, 6.45) is -4.00. The van der Waals surface area contributed by atoms with E-state index < -0.39 is 11.7 Å². The molecule has 5 nitrogen and oxygen atoms in total. The Labute approximate surface area is 191 Å². The second-order valence-corrected chi connectivity index (χ2v) is 9.82. The van der Waals surface area contributed by atoms with E-state index in [1.165, 1.54) is 6.07 Å². The molecule has 2 aromatic rings. The Hall–Kier alpha value is -3.03. The van der Waals surface area contributed by atoms with E-state index in [1.54, 1.807) is 0 Å². The maximum Gasteiger partial charge on any atom is 0.416 e. The monoisotopic (exact) mass is 459 g/mol. The summed E-state index contributed by atoms with van der Waals surface area (Å²) in [5, 5.41) is 0. The van der Waals surface area contributed by atoms with E-state index in [0.717, 1.165) is 23.3 Å². The molecule has 0 unspecified atom stereocenters. The number of aliphatic imine (C=N–C) groups is 1. The maximum atomic E-state index is 13.3. The van der Waals surface area contributed by atoms with Crippen LogP contribution in [-0.2, 0) is 11.0 Å². The van der Waals surface area contributed by atoms with Gasteiger partial charge in [0.05, 0.1) is 11.1 Å². The molecule has 0 aliphatic carbocycles. The average Bonchev–Trinajstić information content (AvgIpc) is 2.88. The molecule has 33 heavy (non-hydrogen) atoms. The Balaban J connectivity index is 1.67. The first-order valence-corrected chi connectivity index (χ1v) is 11.0. The molecular formula is C25H28F3N3O2. The Bertz CT molecular complexity index is 1100. The number of amidine groups is 1. The number of carbonyl (C=O) groups is 1. The Morgan fingerprint density at radius 3 is 2.30 bits per heavy atom. The van der Waals surface area contributed by atoms with Gasteiger partial charge in [-0.05, 0) is 42.7 Å². The SMILES string of the molecule is Cc1ccc2c(c1)C(N1CCN(C(=O)CC(C)(C)C)CC1)=Nc1cc(C(F)(F)F)ccc1O2. The highest BCUT2D eigenvalue weighted by molar-refractivity contribution is 6.04. The molecule has 1 amide bonds. The molecule has 2 aliphatic heterocycles. The van der Waals surface area contributed by atoms with Crippen LogP contribution in [0.1, 0.15) is 43.9 Å². The van der Waals surface area contributed by atoms with Crippen LogP contribution in [0.3, 0.4) is 0 Å². The second kappa shape index (κ2) is 8.39. The van der Waals surface area contributed by atoms with Gasteiger partial charge in [0.2, 0.25) is 5.91 Å². The number of halogens is 3. The van der Waals surface area contributed by atoms with Crippen LogP contribution in [0.5, 0.6) is 11.5 Å². The van der Waals surface area contributed by atoms with Crippen LogP contribution in [0.15, 0.2) is 41.4 Å². The first-order chi connectivity index (χ1) is 15.4. The molecular weight excluding hydrogens is 431 g/mol. The fourth-order valence-electron chi connectivity index (χ4n) is 4.04. The summed E-state index contributed by atoms with van der Waals surface area (Å²) in [6.45, 7) is 10.2. The standard InChI is InChI=1S/C25H28F3N3O2/c1-16-5-7-20-18(13-16)23(29-19-14-17(25(26,27)28)6-8-21(19)33-20)31-11-9-30(10-12-31)22(32)15-24(2,3)4/h5-8,13-14H,9-12,15H2,1-4H3. The fourth-order valence-corrected chi connectivity index (χ4v) is 4.04. The summed E-state index contributed by atoms with van der Waals surface area (Å²) < 4.78 is 46.0. The van der Waals surface area contributed by atoms with E-state index in [9.17, 15) is 18.0 Å². The van der Waals surface area contributed by atoms with Crippen molar-refractivity contribution >= 4 is 17.4 Å². The lowest BCUT2D eigenvalue weighted by molar-refractivity contribution is -0.137. The molecule has 0 saturated carbocycles. The number of carbonyl (C=O) groups excluding carboxylic acids is 1. The third-order valence-electron chi connectivity index (χ3n) is 5.72. The van der Waals surface area contributed by atoms with Crippen molar-refractivity contribution in [3.63, 3.8) is 0 Å². The van der Waals surface area contributed by atoms with E-state index in [-0.39, 0.29) is 22.8 Å². The number of nitrogens with zero attached hydrogens (tertiary/aromatic N) is 3. The molecule has 0 atom stereocenters. The number of piperazine rings is 1. The van der Waals surface area contributed by atoms with Gasteiger partial charge in [-0.3, -0.25) is 4.79 Å². The summed E-state index contributed by atoms with van der Waals surface area (Å²) in [5.74, 6) is 1.51. The molecule has 0 radical (unpaired) electrons. The van der Waals surface area contributed by atoms with Gasteiger partial charge in [0.25, 0.3) is 0 Å². The Morgan fingerprint density at radius 1 is 1.00 bits per heavy atom. The molecule has 0 spiro atoms. The summed E-state index contributed by atoms with van der Waals surface area (Å²) in [6, 6.07) is 8.99. The third-order valence-corrected chi connectivity index (χ3v) is 5.72. The lowest BCUT2D eigenvalue weighted by Gasteiger charge is -2.37. The zero-order chi connectivity index (χ0) is 24.0. The number of hydrogen-bond donors (Lipinski definition) is 0. The zero-order valence-corrected chi connectivity index (χ0v) is 19.3. The first kappa shape index (κ1) is 23.1. The van der Waals surface area contributed by atoms with Crippen molar-refractivity contribution in [1.29, 1.82) is 0 Å². The van der Waals surface area contributed by atoms with Crippen LogP contribution in [0.25, 0.3) is 0 Å². The fraction of sp³-hybridized carbons (Fsp3) is 0.440. The Kier molecular flexibility index (Phi) is 5.88. The molecule has 2 aromatic carbocycles. The van der Waals surface area contributed by atoms with Gasteiger partial charge >= 0.3 is 6.18 Å². The van der Waals surface area contributed by atoms with Crippen molar-refractivity contribution in [2.75, 3.05) is 26.2 Å². The molecule has 1 fully saturated rings. The minimum absolute atomic E-state index is 0.0900. The number of rotatable bonds is 1. The quantitative estimate of drug-likeness (QED) is 0.543. The van der Waals surface area contributed by atoms with E-state index >= 15 is 0 Å². The van der Waals surface area contributed by atoms with Gasteiger partial charge in [0, 0.05) is 32.6 Å². The predicted octanol–water partition coefficient (Wildman–Crippen LogP) is 5.78. The van der Waals surface area contributed by atoms with Crippen molar-refractivity contribution in [3.05, 3.63) is 53.1 Å². The first-order valence-electron chi connectivity index (χ1n) is 11.0. The van der Waals surface area contributed by atoms with Crippen molar-refractivity contribution in [1.82, 2.24) is 9.80 Å². The van der Waals surface area contributed by atoms with E-state index in [4.69, 9.17) is 4.74 Å². The van der Waals surface area contributed by atoms with Gasteiger partial charge in [0.15, 0.2) is 5.75 Å². The zero-order valence-electron chi connectivity index (χ0n) is 19.3. The number of hydrogen-bond acceptors (Lipinski definition) is 4. The van der Waals surface area contributed by atoms with Crippen LogP contribution >= 0.6 is 0 Å². The van der Waals surface area contributed by atoms with Gasteiger partial charge in [-0.2, -0.15) is 13.2 Å². The molecule has 2 heterocycles. The number of ether oxygens (including phenoxy) is 1. The van der Waals surface area contributed by atoms with Gasteiger partial charge < -0.3 is 14.5 Å². The van der Waals surface area contributed by atoms with Gasteiger partial charge in [-0.15, -0.1) is 0 Å². The highest BCUT2D eigenvalue weighted by Crippen LogP contribution is 2.42. The third kappa shape index (κ3) is 5.15. The maximum absolute atomic E-state index is 13.3. The normalized spacial score (nSPS) is 16.4. The molecule has 0 bridgehead atoms. The largest absolute Gasteiger partial charge is 0.454 e. The lowest BCUT2D eigenvalue weighted by atomic mass is 9.91. The summed E-state index contributed by atoms with van der Waals surface area (Å²) >= 11 is 0. The molecule has 1 saturated heterocycles. The van der Waals surface area contributed by atoms with Crippen molar-refractivity contribution in [3.8, 4) is 11.5 Å². The lowest BCUT2D eigenvalue weighted by Crippen LogP contribution is -2.51. The van der Waals surface area contributed by atoms with Crippen molar-refractivity contribution in [2.24, 2.45) is 10.4 Å². The minimum Gasteiger partial charge on any atom is -0.454 e. The number of fused-ring (bicyclic) bond motifs is 2. The van der Waals surface area contributed by atoms with E-state index in [0.29, 0.717) is 44.2 Å². The van der Waals surface area contributed by atoms with Crippen LogP contribution in [0, 0.1) is 12.3 Å². The predicted molar refractivity (Wildman–Crippen MR) is 121 cm³/mol. The smallest absolute Gasteiger partial charge is 0.416 e. The Morgan fingerprint density at radius 2 is 1.67 bits per heavy atom. The van der Waals surface area contributed by atoms with Gasteiger partial charge in [-0.1, -0.05) is 32.4 Å². The number of aryl methyl sites for hydroxylation is 1. The molecule has 8 heteroatoms. The van der Waals surface area contributed by atoms with Crippen LogP contribution in [0.4, 0.5) is 18.9 Å². The number of benzene rings is 2. The molecule has 4 rings (SSSR count). The van der Waals surface area contributed by atoms with Crippen LogP contribution in [-0.4, -0.2) is 47.7 Å². The summed E-state index contributed by atoms with van der Waals surface area (Å²) in [7, 11) is 0. The molecule has 2 aliphatic rings. The summed E-state index contributed by atoms with van der Waals surface area (Å²) in [4.78, 5) is 21.2. The van der Waals surface area contributed by atoms with E-state index in [2.05, 4.69) is 4.99 Å². The van der Waals surface area contributed by atoms with Crippen molar-refractivity contribution < 1.29 is 22.7 Å². The van der Waals surface area contributed by atoms with Crippen LogP contribution in [0.2, 0.25) is 0 Å². The summed E-state index contributed by atoms with van der Waals surface area (Å²) in [5.41, 5.74) is 1.00. The average molecular weight is 460 g/mol. The van der Waals surface area contributed by atoms with Gasteiger partial charge in [-0.25, -0.2) is 4.99 Å².